The Balaban J connectivity index is 2.21. The molecule has 1 N–H and O–H groups in total. The smallest absolute Gasteiger partial charge is 0.407 e. The molecular formula is C9H17NO2. The Morgan fingerprint density at radius 3 is 2.33 bits per heavy atom. The molecule has 0 heterocycles. The summed E-state index contributed by atoms with van der Waals surface area (Å²) >= 11 is 0. The quantitative estimate of drug-likeness (QED) is 0.654. The Bertz CT molecular complexity index is 183. The Morgan fingerprint density at radius 1 is 1.50 bits per heavy atom. The monoisotopic (exact) mass is 171 g/mol. The van der Waals surface area contributed by atoms with Crippen molar-refractivity contribution >= 4 is 6.09 Å². The molecule has 1 aliphatic rings. The van der Waals surface area contributed by atoms with Gasteiger partial charge in [0.1, 0.15) is 5.60 Å². The van der Waals surface area contributed by atoms with Crippen molar-refractivity contribution in [1.82, 2.24) is 5.32 Å². The number of rotatable bonds is 1. The first-order valence-electron chi connectivity index (χ1n) is 4.38. The molecule has 0 radical (unpaired) electrons. The fraction of sp³-hybridized carbons (Fsp3) is 0.889. The van der Waals surface area contributed by atoms with Crippen LogP contribution in [0, 0.1) is 5.92 Å². The molecule has 1 fully saturated rings. The number of ether oxygens (including phenoxy) is 1. The van der Waals surface area contributed by atoms with Crippen LogP contribution in [-0.4, -0.2) is 17.7 Å². The Morgan fingerprint density at radius 2 is 2.00 bits per heavy atom. The zero-order valence-electron chi connectivity index (χ0n) is 8.18. The lowest BCUT2D eigenvalue weighted by Gasteiger charge is -2.19. The molecule has 0 bridgehead atoms. The second-order valence-electron chi connectivity index (χ2n) is 4.47. The van der Waals surface area contributed by atoms with Crippen molar-refractivity contribution in [1.29, 1.82) is 0 Å². The molecule has 1 aliphatic carbocycles. The fourth-order valence-electron chi connectivity index (χ4n) is 0.982. The Kier molecular flexibility index (Phi) is 2.31. The summed E-state index contributed by atoms with van der Waals surface area (Å²) < 4.78 is 5.09. The van der Waals surface area contributed by atoms with Gasteiger partial charge in [-0.3, -0.25) is 0 Å². The van der Waals surface area contributed by atoms with Gasteiger partial charge in [0.2, 0.25) is 0 Å². The van der Waals surface area contributed by atoms with Crippen LogP contribution in [0.15, 0.2) is 0 Å². The number of carbonyl (C=O) groups excluding carboxylic acids is 1. The summed E-state index contributed by atoms with van der Waals surface area (Å²) in [4.78, 5) is 11.1. The highest BCUT2D eigenvalue weighted by Crippen LogP contribution is 2.29. The molecule has 1 rings (SSSR count). The van der Waals surface area contributed by atoms with Gasteiger partial charge in [-0.2, -0.15) is 0 Å². The maximum Gasteiger partial charge on any atom is 0.407 e. The van der Waals surface area contributed by atoms with Crippen LogP contribution in [0.2, 0.25) is 0 Å². The third-order valence-electron chi connectivity index (χ3n) is 1.81. The minimum atomic E-state index is -0.387. The standard InChI is InChI=1S/C9H17NO2/c1-6-5-7(6)10-8(11)12-9(2,3)4/h6-7H,5H2,1-4H3,(H,10,11). The normalized spacial score (nSPS) is 28.0. The minimum absolute atomic E-state index is 0.295. The first-order valence-corrected chi connectivity index (χ1v) is 4.38. The predicted molar refractivity (Wildman–Crippen MR) is 46.9 cm³/mol. The van der Waals surface area contributed by atoms with E-state index in [0.717, 1.165) is 6.42 Å². The van der Waals surface area contributed by atoms with E-state index in [2.05, 4.69) is 12.2 Å². The maximum absolute atomic E-state index is 11.1. The van der Waals surface area contributed by atoms with Gasteiger partial charge in [0.25, 0.3) is 0 Å². The molecule has 2 unspecified atom stereocenters. The van der Waals surface area contributed by atoms with E-state index in [4.69, 9.17) is 4.74 Å². The van der Waals surface area contributed by atoms with E-state index in [1.807, 2.05) is 20.8 Å². The third kappa shape index (κ3) is 3.11. The van der Waals surface area contributed by atoms with E-state index in [-0.39, 0.29) is 11.7 Å². The van der Waals surface area contributed by atoms with Crippen LogP contribution in [0.3, 0.4) is 0 Å². The number of carbonyl (C=O) groups is 1. The Labute approximate surface area is 73.5 Å². The van der Waals surface area contributed by atoms with Crippen LogP contribution in [0.25, 0.3) is 0 Å². The van der Waals surface area contributed by atoms with E-state index in [9.17, 15) is 4.79 Å². The van der Waals surface area contributed by atoms with Gasteiger partial charge in [0, 0.05) is 6.04 Å². The van der Waals surface area contributed by atoms with Crippen LogP contribution in [0.5, 0.6) is 0 Å². The summed E-state index contributed by atoms with van der Waals surface area (Å²) in [5, 5.41) is 2.80. The van der Waals surface area contributed by atoms with Crippen molar-refractivity contribution < 1.29 is 9.53 Å². The van der Waals surface area contributed by atoms with Crippen LogP contribution in [0.1, 0.15) is 34.1 Å². The number of hydrogen-bond donors (Lipinski definition) is 1. The topological polar surface area (TPSA) is 38.3 Å². The van der Waals surface area contributed by atoms with Crippen molar-refractivity contribution in [2.45, 2.75) is 45.8 Å². The predicted octanol–water partition coefficient (Wildman–Crippen LogP) is 1.92. The highest BCUT2D eigenvalue weighted by molar-refractivity contribution is 5.68. The second-order valence-corrected chi connectivity index (χ2v) is 4.47. The highest BCUT2D eigenvalue weighted by atomic mass is 16.6. The van der Waals surface area contributed by atoms with Crippen molar-refractivity contribution in [3.8, 4) is 0 Å². The summed E-state index contributed by atoms with van der Waals surface area (Å²) in [7, 11) is 0. The molecule has 1 saturated carbocycles. The number of alkyl carbamates (subject to hydrolysis) is 1. The van der Waals surface area contributed by atoms with Gasteiger partial charge in [-0.05, 0) is 33.1 Å². The lowest BCUT2D eigenvalue weighted by atomic mass is 10.2. The largest absolute Gasteiger partial charge is 0.444 e. The van der Waals surface area contributed by atoms with Gasteiger partial charge in [0.05, 0.1) is 0 Å². The van der Waals surface area contributed by atoms with Gasteiger partial charge >= 0.3 is 6.09 Å². The average molecular weight is 171 g/mol. The fourth-order valence-corrected chi connectivity index (χ4v) is 0.982. The zero-order valence-corrected chi connectivity index (χ0v) is 8.18. The lowest BCUT2D eigenvalue weighted by Crippen LogP contribution is -2.34. The summed E-state index contributed by atoms with van der Waals surface area (Å²) in [6.07, 6.45) is 0.788. The summed E-state index contributed by atoms with van der Waals surface area (Å²) in [6, 6.07) is 0.347. The number of amides is 1. The molecular weight excluding hydrogens is 154 g/mol. The number of hydrogen-bond acceptors (Lipinski definition) is 2. The first-order chi connectivity index (χ1) is 5.38. The van der Waals surface area contributed by atoms with Gasteiger partial charge in [-0.15, -0.1) is 0 Å². The molecule has 2 atom stereocenters. The van der Waals surface area contributed by atoms with E-state index < -0.39 is 0 Å². The van der Waals surface area contributed by atoms with Crippen molar-refractivity contribution in [3.05, 3.63) is 0 Å². The molecule has 0 aliphatic heterocycles. The Hall–Kier alpha value is -0.730. The lowest BCUT2D eigenvalue weighted by molar-refractivity contribution is 0.0521. The van der Waals surface area contributed by atoms with E-state index in [1.54, 1.807) is 0 Å². The van der Waals surface area contributed by atoms with Crippen molar-refractivity contribution in [2.75, 3.05) is 0 Å². The van der Waals surface area contributed by atoms with Gasteiger partial charge in [-0.25, -0.2) is 4.79 Å². The molecule has 70 valence electrons. The van der Waals surface area contributed by atoms with Gasteiger partial charge in [-0.1, -0.05) is 6.92 Å². The molecule has 0 saturated heterocycles. The minimum Gasteiger partial charge on any atom is -0.444 e. The van der Waals surface area contributed by atoms with Crippen LogP contribution in [-0.2, 0) is 4.74 Å². The first kappa shape index (κ1) is 9.36. The SMILES string of the molecule is CC1CC1NC(=O)OC(C)(C)C. The zero-order chi connectivity index (χ0) is 9.35. The van der Waals surface area contributed by atoms with E-state index in [1.165, 1.54) is 0 Å². The molecule has 12 heavy (non-hydrogen) atoms. The van der Waals surface area contributed by atoms with Crippen LogP contribution in [0.4, 0.5) is 4.79 Å². The summed E-state index contributed by atoms with van der Waals surface area (Å²) in [5.74, 6) is 0.623. The summed E-state index contributed by atoms with van der Waals surface area (Å²) in [6.45, 7) is 7.71. The maximum atomic E-state index is 11.1. The van der Waals surface area contributed by atoms with Crippen LogP contribution < -0.4 is 5.32 Å². The number of nitrogens with one attached hydrogen (secondary N) is 1. The molecule has 3 heteroatoms. The van der Waals surface area contributed by atoms with Crippen molar-refractivity contribution in [2.24, 2.45) is 5.92 Å². The average Bonchev–Trinajstić information content (AvgIpc) is 2.40. The molecule has 1 amide bonds. The van der Waals surface area contributed by atoms with E-state index in [0.29, 0.717) is 12.0 Å². The molecule has 3 nitrogen and oxygen atoms in total. The van der Waals surface area contributed by atoms with E-state index >= 15 is 0 Å². The molecule has 0 spiro atoms. The highest BCUT2D eigenvalue weighted by Gasteiger charge is 2.34. The molecule has 0 aromatic heterocycles. The van der Waals surface area contributed by atoms with Crippen molar-refractivity contribution in [3.63, 3.8) is 0 Å². The van der Waals surface area contributed by atoms with Crippen LogP contribution >= 0.6 is 0 Å². The van der Waals surface area contributed by atoms with Gasteiger partial charge in [0.15, 0.2) is 0 Å². The molecule has 0 aromatic carbocycles. The summed E-state index contributed by atoms with van der Waals surface area (Å²) in [5.41, 5.74) is -0.387. The second kappa shape index (κ2) is 2.96. The van der Waals surface area contributed by atoms with Gasteiger partial charge < -0.3 is 10.1 Å². The molecule has 0 aromatic rings. The third-order valence-corrected chi connectivity index (χ3v) is 1.81.